The van der Waals surface area contributed by atoms with Crippen molar-refractivity contribution < 1.29 is 9.36 Å². The van der Waals surface area contributed by atoms with Crippen LogP contribution in [0.5, 0.6) is 0 Å². The summed E-state index contributed by atoms with van der Waals surface area (Å²) in [6.07, 6.45) is 1.57. The fourth-order valence-corrected chi connectivity index (χ4v) is 1.02. The van der Waals surface area contributed by atoms with Gasteiger partial charge in [0.2, 0.25) is 0 Å². The maximum atomic E-state index is 5.53. The van der Waals surface area contributed by atoms with Gasteiger partial charge in [-0.2, -0.15) is 0 Å². The number of anilines is 2. The summed E-state index contributed by atoms with van der Waals surface area (Å²) < 4.78 is 4.83. The van der Waals surface area contributed by atoms with Gasteiger partial charge < -0.3 is 10.3 Å². The standard InChI is InChI=1S/C7H8N4O2/c1-12-10-4-2-5-6(8)11-13-7(5)9-3-4/h2-3,10H,1H3,(H2,8,11). The van der Waals surface area contributed by atoms with E-state index in [1.165, 1.54) is 7.11 Å². The van der Waals surface area contributed by atoms with E-state index in [9.17, 15) is 0 Å². The Morgan fingerprint density at radius 1 is 1.62 bits per heavy atom. The molecular formula is C7H8N4O2. The number of fused-ring (bicyclic) bond motifs is 1. The van der Waals surface area contributed by atoms with Gasteiger partial charge in [-0.15, -0.1) is 0 Å². The minimum absolute atomic E-state index is 0.322. The zero-order valence-corrected chi connectivity index (χ0v) is 6.94. The summed E-state index contributed by atoms with van der Waals surface area (Å²) in [5, 5.41) is 4.24. The van der Waals surface area contributed by atoms with E-state index in [1.54, 1.807) is 12.3 Å². The van der Waals surface area contributed by atoms with Crippen molar-refractivity contribution in [1.29, 1.82) is 0 Å². The molecule has 0 radical (unpaired) electrons. The normalized spacial score (nSPS) is 10.5. The molecule has 2 heterocycles. The van der Waals surface area contributed by atoms with E-state index in [0.29, 0.717) is 22.6 Å². The summed E-state index contributed by atoms with van der Waals surface area (Å²) in [4.78, 5) is 8.68. The molecule has 0 spiro atoms. The summed E-state index contributed by atoms with van der Waals surface area (Å²) in [5.41, 5.74) is 9.27. The van der Waals surface area contributed by atoms with E-state index >= 15 is 0 Å². The third kappa shape index (κ3) is 1.27. The van der Waals surface area contributed by atoms with Crippen molar-refractivity contribution in [3.8, 4) is 0 Å². The molecule has 6 heteroatoms. The van der Waals surface area contributed by atoms with Gasteiger partial charge in [0.25, 0.3) is 5.71 Å². The predicted molar refractivity (Wildman–Crippen MR) is 46.8 cm³/mol. The van der Waals surface area contributed by atoms with Crippen LogP contribution in [0.15, 0.2) is 16.8 Å². The van der Waals surface area contributed by atoms with Gasteiger partial charge >= 0.3 is 0 Å². The molecule has 2 aromatic rings. The Labute approximate surface area is 73.6 Å². The number of nitrogens with zero attached hydrogens (tertiary/aromatic N) is 2. The van der Waals surface area contributed by atoms with Crippen molar-refractivity contribution in [2.24, 2.45) is 0 Å². The molecule has 0 amide bonds. The molecule has 0 saturated heterocycles. The van der Waals surface area contributed by atoms with Crippen LogP contribution < -0.4 is 11.2 Å². The van der Waals surface area contributed by atoms with Crippen molar-refractivity contribution in [2.75, 3.05) is 18.3 Å². The Bertz CT molecular complexity index is 425. The number of rotatable bonds is 2. The number of hydrogen-bond donors (Lipinski definition) is 2. The largest absolute Gasteiger partial charge is 0.380 e. The first-order chi connectivity index (χ1) is 6.31. The van der Waals surface area contributed by atoms with Crippen LogP contribution in [0.2, 0.25) is 0 Å². The minimum atomic E-state index is 0.322. The molecule has 0 aliphatic rings. The summed E-state index contributed by atoms with van der Waals surface area (Å²) >= 11 is 0. The van der Waals surface area contributed by atoms with E-state index in [-0.39, 0.29) is 0 Å². The van der Waals surface area contributed by atoms with Gasteiger partial charge in [-0.05, 0) is 6.07 Å². The van der Waals surface area contributed by atoms with Gasteiger partial charge in [-0.1, -0.05) is 5.16 Å². The van der Waals surface area contributed by atoms with Crippen LogP contribution in [0.1, 0.15) is 0 Å². The minimum Gasteiger partial charge on any atom is -0.380 e. The molecule has 13 heavy (non-hydrogen) atoms. The average molecular weight is 180 g/mol. The number of hydrogen-bond acceptors (Lipinski definition) is 6. The number of nitrogens with two attached hydrogens (primary N) is 1. The second-order valence-corrected chi connectivity index (χ2v) is 2.45. The van der Waals surface area contributed by atoms with E-state index in [0.717, 1.165) is 0 Å². The number of aromatic nitrogens is 2. The van der Waals surface area contributed by atoms with E-state index < -0.39 is 0 Å². The average Bonchev–Trinajstić information content (AvgIpc) is 2.49. The molecule has 3 N–H and O–H groups in total. The molecule has 0 saturated carbocycles. The fourth-order valence-electron chi connectivity index (χ4n) is 1.02. The van der Waals surface area contributed by atoms with Crippen molar-refractivity contribution in [1.82, 2.24) is 10.1 Å². The van der Waals surface area contributed by atoms with Crippen molar-refractivity contribution in [2.45, 2.75) is 0 Å². The maximum Gasteiger partial charge on any atom is 0.260 e. The van der Waals surface area contributed by atoms with Crippen molar-refractivity contribution in [3.05, 3.63) is 12.3 Å². The SMILES string of the molecule is CONc1cnc2onc(N)c2c1. The number of nitrogen functional groups attached to an aromatic ring is 1. The fraction of sp³-hybridized carbons (Fsp3) is 0.143. The summed E-state index contributed by atoms with van der Waals surface area (Å²) in [6, 6.07) is 1.75. The molecule has 2 rings (SSSR count). The zero-order chi connectivity index (χ0) is 9.26. The number of pyridine rings is 1. The molecule has 0 aliphatic carbocycles. The molecule has 0 unspecified atom stereocenters. The molecule has 68 valence electrons. The Balaban J connectivity index is 2.53. The van der Waals surface area contributed by atoms with Crippen molar-refractivity contribution in [3.63, 3.8) is 0 Å². The van der Waals surface area contributed by atoms with Crippen molar-refractivity contribution >= 4 is 22.6 Å². The lowest BCUT2D eigenvalue weighted by Gasteiger charge is -2.00. The topological polar surface area (TPSA) is 86.2 Å². The second kappa shape index (κ2) is 2.91. The molecular weight excluding hydrogens is 172 g/mol. The van der Waals surface area contributed by atoms with E-state index in [1.807, 2.05) is 0 Å². The molecule has 0 aromatic carbocycles. The quantitative estimate of drug-likeness (QED) is 0.664. The summed E-state index contributed by atoms with van der Waals surface area (Å²) in [7, 11) is 1.52. The van der Waals surface area contributed by atoms with Gasteiger partial charge in [0, 0.05) is 0 Å². The van der Waals surface area contributed by atoms with Crippen LogP contribution in [-0.4, -0.2) is 17.3 Å². The molecule has 0 atom stereocenters. The van der Waals surface area contributed by atoms with Crippen LogP contribution in [0.25, 0.3) is 11.1 Å². The molecule has 2 aromatic heterocycles. The lowest BCUT2D eigenvalue weighted by atomic mass is 10.3. The predicted octanol–water partition coefficient (Wildman–Crippen LogP) is 0.778. The Morgan fingerprint density at radius 3 is 3.23 bits per heavy atom. The second-order valence-electron chi connectivity index (χ2n) is 2.45. The molecule has 0 bridgehead atoms. The molecule has 0 aliphatic heterocycles. The lowest BCUT2D eigenvalue weighted by molar-refractivity contribution is 0.271. The van der Waals surface area contributed by atoms with Gasteiger partial charge in [0.1, 0.15) is 0 Å². The summed E-state index contributed by atoms with van der Waals surface area (Å²) in [5.74, 6) is 0.322. The highest BCUT2D eigenvalue weighted by Gasteiger charge is 2.06. The molecule has 6 nitrogen and oxygen atoms in total. The third-order valence-electron chi connectivity index (χ3n) is 1.58. The van der Waals surface area contributed by atoms with E-state index in [4.69, 9.17) is 15.1 Å². The first kappa shape index (κ1) is 7.81. The Kier molecular flexibility index (Phi) is 1.75. The Morgan fingerprint density at radius 2 is 2.46 bits per heavy atom. The highest BCUT2D eigenvalue weighted by molar-refractivity contribution is 5.86. The van der Waals surface area contributed by atoms with Crippen LogP contribution in [-0.2, 0) is 4.84 Å². The van der Waals surface area contributed by atoms with Crippen LogP contribution in [0.3, 0.4) is 0 Å². The first-order valence-corrected chi connectivity index (χ1v) is 3.61. The zero-order valence-electron chi connectivity index (χ0n) is 6.94. The summed E-state index contributed by atoms with van der Waals surface area (Å²) in [6.45, 7) is 0. The smallest absolute Gasteiger partial charge is 0.260 e. The van der Waals surface area contributed by atoms with Crippen LogP contribution in [0, 0.1) is 0 Å². The highest BCUT2D eigenvalue weighted by Crippen LogP contribution is 2.21. The third-order valence-corrected chi connectivity index (χ3v) is 1.58. The van der Waals surface area contributed by atoms with Gasteiger partial charge in [0.05, 0.1) is 24.4 Å². The molecule has 0 fully saturated rings. The van der Waals surface area contributed by atoms with E-state index in [2.05, 4.69) is 15.6 Å². The first-order valence-electron chi connectivity index (χ1n) is 3.61. The van der Waals surface area contributed by atoms with Gasteiger partial charge in [-0.25, -0.2) is 4.98 Å². The Hall–Kier alpha value is -1.82. The monoisotopic (exact) mass is 180 g/mol. The van der Waals surface area contributed by atoms with Crippen LogP contribution >= 0.6 is 0 Å². The lowest BCUT2D eigenvalue weighted by Crippen LogP contribution is -1.95. The maximum absolute atomic E-state index is 5.53. The van der Waals surface area contributed by atoms with Gasteiger partial charge in [0.15, 0.2) is 5.82 Å². The van der Waals surface area contributed by atoms with Gasteiger partial charge in [-0.3, -0.25) is 10.3 Å². The number of nitrogens with one attached hydrogen (secondary N) is 1. The highest BCUT2D eigenvalue weighted by atomic mass is 16.6. The van der Waals surface area contributed by atoms with Crippen LogP contribution in [0.4, 0.5) is 11.5 Å².